The van der Waals surface area contributed by atoms with Crippen molar-refractivity contribution in [2.45, 2.75) is 114 Å². The van der Waals surface area contributed by atoms with E-state index in [1.54, 1.807) is 0 Å². The van der Waals surface area contributed by atoms with Gasteiger partial charge in [-0.25, -0.2) is 4.79 Å². The van der Waals surface area contributed by atoms with E-state index in [2.05, 4.69) is 11.7 Å². The molecule has 0 aromatic heterocycles. The van der Waals surface area contributed by atoms with Crippen LogP contribution in [0.1, 0.15) is 102 Å². The third-order valence-corrected chi connectivity index (χ3v) is 8.10. The van der Waals surface area contributed by atoms with Gasteiger partial charge in [-0.1, -0.05) is 101 Å². The number of halogens is 7. The molecule has 1 fully saturated rings. The highest BCUT2D eigenvalue weighted by Gasteiger charge is 2.77. The molecule has 0 saturated heterocycles. The zero-order valence-corrected chi connectivity index (χ0v) is 23.4. The Bertz CT molecular complexity index is 1070. The van der Waals surface area contributed by atoms with Gasteiger partial charge in [0.25, 0.3) is 0 Å². The molecule has 0 heterocycles. The van der Waals surface area contributed by atoms with Gasteiger partial charge in [0.2, 0.25) is 0 Å². The lowest BCUT2D eigenvalue weighted by atomic mass is 9.77. The van der Waals surface area contributed by atoms with Crippen LogP contribution in [-0.4, -0.2) is 24.0 Å². The largest absolute Gasteiger partial charge is 0.460 e. The number of ether oxygens (including phenoxy) is 1. The Morgan fingerprint density at radius 3 is 1.71 bits per heavy atom. The summed E-state index contributed by atoms with van der Waals surface area (Å²) in [6.45, 7) is 2.24. The number of rotatable bonds is 14. The van der Waals surface area contributed by atoms with Gasteiger partial charge in [-0.2, -0.15) is 30.7 Å². The number of esters is 1. The lowest BCUT2D eigenvalue weighted by Gasteiger charge is -2.29. The van der Waals surface area contributed by atoms with Gasteiger partial charge in [0.1, 0.15) is 5.75 Å². The Labute approximate surface area is 237 Å². The summed E-state index contributed by atoms with van der Waals surface area (Å²) in [6, 6.07) is 12.9. The van der Waals surface area contributed by atoms with Crippen molar-refractivity contribution < 1.29 is 40.3 Å². The molecule has 41 heavy (non-hydrogen) atoms. The first-order chi connectivity index (χ1) is 19.4. The van der Waals surface area contributed by atoms with E-state index < -0.39 is 29.7 Å². The van der Waals surface area contributed by atoms with Crippen LogP contribution in [0.15, 0.2) is 48.5 Å². The molecule has 0 bridgehead atoms. The zero-order chi connectivity index (χ0) is 30.1. The van der Waals surface area contributed by atoms with Crippen molar-refractivity contribution in [2.75, 3.05) is 0 Å². The van der Waals surface area contributed by atoms with E-state index in [4.69, 9.17) is 0 Å². The van der Waals surface area contributed by atoms with Crippen LogP contribution in [0.4, 0.5) is 30.7 Å². The maximum absolute atomic E-state index is 13.5. The molecule has 0 aliphatic heterocycles. The molecule has 0 amide bonds. The summed E-state index contributed by atoms with van der Waals surface area (Å²) in [7, 11) is 0. The lowest BCUT2D eigenvalue weighted by molar-refractivity contribution is -0.346. The lowest BCUT2D eigenvalue weighted by Crippen LogP contribution is -2.57. The van der Waals surface area contributed by atoms with Crippen molar-refractivity contribution in [3.05, 3.63) is 54.1 Å². The van der Waals surface area contributed by atoms with Crippen molar-refractivity contribution in [1.29, 1.82) is 0 Å². The van der Waals surface area contributed by atoms with Crippen molar-refractivity contribution in [2.24, 2.45) is 5.92 Å². The van der Waals surface area contributed by atoms with Crippen molar-refractivity contribution >= 4 is 5.97 Å². The van der Waals surface area contributed by atoms with E-state index >= 15 is 0 Å². The number of carbonyl (C=O) groups excluding carboxylic acids is 1. The first-order valence-corrected chi connectivity index (χ1v) is 14.6. The fourth-order valence-electron chi connectivity index (χ4n) is 5.49. The minimum Gasteiger partial charge on any atom is -0.422 e. The zero-order valence-electron chi connectivity index (χ0n) is 23.4. The normalized spacial score (nSPS) is 18.3. The molecule has 1 aliphatic rings. The maximum atomic E-state index is 13.5. The Kier molecular flexibility index (Phi) is 11.7. The Morgan fingerprint density at radius 1 is 0.707 bits per heavy atom. The number of hydrogen-bond acceptors (Lipinski definition) is 2. The van der Waals surface area contributed by atoms with Gasteiger partial charge in [-0.3, -0.25) is 0 Å². The first-order valence-electron chi connectivity index (χ1n) is 14.6. The number of unbranched alkanes of at least 4 members (excludes halogenated alkanes) is 7. The molecule has 2 nitrogen and oxygen atoms in total. The number of alkyl halides is 7. The summed E-state index contributed by atoms with van der Waals surface area (Å²) >= 11 is 0. The van der Waals surface area contributed by atoms with Crippen LogP contribution in [0, 0.1) is 5.92 Å². The average molecular weight is 589 g/mol. The first kappa shape index (κ1) is 32.9. The summed E-state index contributed by atoms with van der Waals surface area (Å²) < 4.78 is 94.2. The molecule has 2 aromatic carbocycles. The second kappa shape index (κ2) is 14.5. The second-order valence-corrected chi connectivity index (χ2v) is 11.2. The van der Waals surface area contributed by atoms with E-state index in [1.165, 1.54) is 88.3 Å². The van der Waals surface area contributed by atoms with Crippen LogP contribution in [0.5, 0.6) is 5.75 Å². The van der Waals surface area contributed by atoms with Gasteiger partial charge in [0, 0.05) is 0 Å². The second-order valence-electron chi connectivity index (χ2n) is 11.2. The summed E-state index contributed by atoms with van der Waals surface area (Å²) in [4.78, 5) is 11.5. The van der Waals surface area contributed by atoms with Crippen molar-refractivity contribution in [3.63, 3.8) is 0 Å². The quantitative estimate of drug-likeness (QED) is 0.0950. The highest BCUT2D eigenvalue weighted by atomic mass is 19.4. The molecule has 1 saturated carbocycles. The molecule has 3 rings (SSSR count). The minimum atomic E-state index is -6.61. The molecule has 0 spiro atoms. The molecule has 1 aliphatic carbocycles. The van der Waals surface area contributed by atoms with Gasteiger partial charge in [-0.05, 0) is 66.3 Å². The number of benzene rings is 2. The van der Waals surface area contributed by atoms with E-state index in [0.717, 1.165) is 36.5 Å². The van der Waals surface area contributed by atoms with E-state index in [0.29, 0.717) is 11.5 Å². The number of hydrogen-bond donors (Lipinski definition) is 0. The van der Waals surface area contributed by atoms with Crippen LogP contribution < -0.4 is 4.74 Å². The molecule has 2 aromatic rings. The monoisotopic (exact) mass is 588 g/mol. The van der Waals surface area contributed by atoms with Crippen LogP contribution >= 0.6 is 0 Å². The predicted molar refractivity (Wildman–Crippen MR) is 145 cm³/mol. The van der Waals surface area contributed by atoms with Gasteiger partial charge < -0.3 is 4.74 Å². The van der Waals surface area contributed by atoms with E-state index in [-0.39, 0.29) is 0 Å². The molecule has 9 heteroatoms. The van der Waals surface area contributed by atoms with Gasteiger partial charge in [0.15, 0.2) is 0 Å². The van der Waals surface area contributed by atoms with Crippen molar-refractivity contribution in [3.8, 4) is 16.9 Å². The van der Waals surface area contributed by atoms with Gasteiger partial charge in [-0.15, -0.1) is 0 Å². The Hall–Kier alpha value is -2.58. The van der Waals surface area contributed by atoms with Crippen LogP contribution in [-0.2, 0) is 4.79 Å². The van der Waals surface area contributed by atoms with E-state index in [9.17, 15) is 35.5 Å². The van der Waals surface area contributed by atoms with Crippen LogP contribution in [0.25, 0.3) is 11.1 Å². The topological polar surface area (TPSA) is 26.3 Å². The fourth-order valence-corrected chi connectivity index (χ4v) is 5.49. The molecular weight excluding hydrogens is 549 g/mol. The molecule has 0 unspecified atom stereocenters. The summed E-state index contributed by atoms with van der Waals surface area (Å²) in [6.07, 6.45) is 10.2. The van der Waals surface area contributed by atoms with Gasteiger partial charge >= 0.3 is 24.0 Å². The highest BCUT2D eigenvalue weighted by molar-refractivity contribution is 5.81. The maximum Gasteiger partial charge on any atom is 0.460 e. The third-order valence-electron chi connectivity index (χ3n) is 8.10. The average Bonchev–Trinajstić information content (AvgIpc) is 2.94. The fraction of sp³-hybridized carbons (Fsp3) is 0.594. The minimum absolute atomic E-state index is 0.497. The smallest absolute Gasteiger partial charge is 0.422 e. The Morgan fingerprint density at radius 2 is 1.20 bits per heavy atom. The van der Waals surface area contributed by atoms with Crippen LogP contribution in [0.3, 0.4) is 0 Å². The molecular formula is C32H39F7O2. The SMILES string of the molecule is CCCCCCCCCCC1CCC(c2ccc(-c3ccc(OC(=O)C(F)(F)C(F)(F)C(F)(F)F)cc3)cc2)CC1. The Balaban J connectivity index is 1.46. The molecule has 228 valence electrons. The molecule has 0 N–H and O–H groups in total. The summed E-state index contributed by atoms with van der Waals surface area (Å²) in [5, 5.41) is 0. The third kappa shape index (κ3) is 8.71. The predicted octanol–water partition coefficient (Wildman–Crippen LogP) is 10.9. The summed E-state index contributed by atoms with van der Waals surface area (Å²) in [5.74, 6) is -14.9. The van der Waals surface area contributed by atoms with Crippen LogP contribution in [0.2, 0.25) is 0 Å². The highest BCUT2D eigenvalue weighted by Crippen LogP contribution is 2.47. The molecule has 0 radical (unpaired) electrons. The molecule has 0 atom stereocenters. The van der Waals surface area contributed by atoms with Crippen molar-refractivity contribution in [1.82, 2.24) is 0 Å². The van der Waals surface area contributed by atoms with Gasteiger partial charge in [0.05, 0.1) is 0 Å². The van der Waals surface area contributed by atoms with E-state index in [1.807, 2.05) is 24.3 Å². The number of carbonyl (C=O) groups is 1. The summed E-state index contributed by atoms with van der Waals surface area (Å²) in [5.41, 5.74) is 2.68. The standard InChI is InChI=1S/C32H39F7O2/c1-2-3-4-5-6-7-8-9-10-23-11-13-24(14-12-23)25-15-17-26(18-16-25)27-19-21-28(22-20-27)41-29(40)30(33,34)31(35,36)32(37,38)39/h15-24H,2-14H2,1H3.